The zero-order valence-electron chi connectivity index (χ0n) is 25.5. The van der Waals surface area contributed by atoms with Crippen LogP contribution in [0, 0.1) is 39.4 Å². The third kappa shape index (κ3) is 4.33. The van der Waals surface area contributed by atoms with E-state index < -0.39 is 81.2 Å². The largest absolute Gasteiger partial charge is 0.456 e. The standard InChI is InChI=1S/C32H46O9/c1-17(34)41-27(2,3)12-11-23(37)31(8,40)25-21(36)14-29(6)22-10-9-18-19(13-20(35)26(39)28(18,4)5)32(22,16-33)24(38)15-30(25,29)7/h9,11-12,19,21-22,25-26,33,36,39-40H,10,13-16H2,1-8H3/t19-,21-,22+,25+,26-,29+,30-,31+,32+/m1/s1. The molecule has 0 amide bonds. The molecule has 3 saturated carbocycles. The minimum Gasteiger partial charge on any atom is -0.456 e. The van der Waals surface area contributed by atoms with Gasteiger partial charge < -0.3 is 25.2 Å². The van der Waals surface area contributed by atoms with Crippen LogP contribution in [0.2, 0.25) is 0 Å². The zero-order valence-corrected chi connectivity index (χ0v) is 25.5. The number of esters is 1. The smallest absolute Gasteiger partial charge is 0.303 e. The Morgan fingerprint density at radius 3 is 2.27 bits per heavy atom. The van der Waals surface area contributed by atoms with E-state index in [4.69, 9.17) is 4.74 Å². The van der Waals surface area contributed by atoms with Crippen molar-refractivity contribution in [2.24, 2.45) is 39.4 Å². The molecule has 3 fully saturated rings. The molecule has 0 bridgehead atoms. The molecule has 228 valence electrons. The van der Waals surface area contributed by atoms with E-state index in [-0.39, 0.29) is 30.8 Å². The molecule has 0 saturated heterocycles. The minimum absolute atomic E-state index is 0.0584. The lowest BCUT2D eigenvalue weighted by Gasteiger charge is -2.64. The molecule has 0 aromatic heterocycles. The summed E-state index contributed by atoms with van der Waals surface area (Å²) in [6, 6.07) is 0. The van der Waals surface area contributed by atoms with Gasteiger partial charge in [-0.05, 0) is 62.5 Å². The van der Waals surface area contributed by atoms with Crippen molar-refractivity contribution in [1.29, 1.82) is 0 Å². The number of ketones is 3. The Labute approximate surface area is 242 Å². The molecule has 4 rings (SSSR count). The lowest BCUT2D eigenvalue weighted by Crippen LogP contribution is -2.67. The first-order valence-electron chi connectivity index (χ1n) is 14.5. The topological polar surface area (TPSA) is 158 Å². The van der Waals surface area contributed by atoms with Crippen LogP contribution < -0.4 is 0 Å². The average molecular weight is 575 g/mol. The second-order valence-corrected chi connectivity index (χ2v) is 14.7. The summed E-state index contributed by atoms with van der Waals surface area (Å²) in [6.45, 7) is 12.7. The number of carbonyl (C=O) groups excluding carboxylic acids is 4. The van der Waals surface area contributed by atoms with Crippen LogP contribution in [-0.2, 0) is 23.9 Å². The lowest BCUT2D eigenvalue weighted by atomic mass is 9.38. The fourth-order valence-corrected chi connectivity index (χ4v) is 9.43. The molecule has 0 unspecified atom stereocenters. The third-order valence-corrected chi connectivity index (χ3v) is 11.6. The van der Waals surface area contributed by atoms with E-state index in [2.05, 4.69) is 0 Å². The van der Waals surface area contributed by atoms with Gasteiger partial charge in [-0.2, -0.15) is 0 Å². The Morgan fingerprint density at radius 1 is 1.10 bits per heavy atom. The van der Waals surface area contributed by atoms with Gasteiger partial charge >= 0.3 is 5.97 Å². The maximum absolute atomic E-state index is 14.4. The summed E-state index contributed by atoms with van der Waals surface area (Å²) >= 11 is 0. The van der Waals surface area contributed by atoms with Gasteiger partial charge in [0.15, 0.2) is 11.6 Å². The van der Waals surface area contributed by atoms with Gasteiger partial charge in [0, 0.05) is 37.0 Å². The first-order valence-corrected chi connectivity index (χ1v) is 14.5. The van der Waals surface area contributed by atoms with Crippen molar-refractivity contribution in [3.05, 3.63) is 23.8 Å². The molecule has 0 aromatic rings. The molecule has 9 atom stereocenters. The van der Waals surface area contributed by atoms with Gasteiger partial charge in [0.2, 0.25) is 0 Å². The normalized spacial score (nSPS) is 41.7. The van der Waals surface area contributed by atoms with Crippen molar-refractivity contribution < 1.29 is 44.3 Å². The molecule has 0 aromatic carbocycles. The van der Waals surface area contributed by atoms with Gasteiger partial charge in [-0.3, -0.25) is 19.2 Å². The highest BCUT2D eigenvalue weighted by atomic mass is 16.6. The van der Waals surface area contributed by atoms with Crippen molar-refractivity contribution in [2.45, 2.75) is 104 Å². The predicted molar refractivity (Wildman–Crippen MR) is 149 cm³/mol. The van der Waals surface area contributed by atoms with Gasteiger partial charge in [0.25, 0.3) is 0 Å². The van der Waals surface area contributed by atoms with E-state index in [0.717, 1.165) is 11.6 Å². The molecule has 0 aliphatic heterocycles. The van der Waals surface area contributed by atoms with E-state index in [1.807, 2.05) is 19.9 Å². The number of Topliss-reactive ketones (excluding diaryl/α,β-unsaturated/α-hetero) is 2. The fourth-order valence-electron chi connectivity index (χ4n) is 9.43. The molecule has 9 heteroatoms. The summed E-state index contributed by atoms with van der Waals surface area (Å²) in [5, 5.41) is 45.0. The van der Waals surface area contributed by atoms with Crippen LogP contribution in [0.5, 0.6) is 0 Å². The van der Waals surface area contributed by atoms with Crippen molar-refractivity contribution in [3.8, 4) is 0 Å². The number of rotatable bonds is 6. The van der Waals surface area contributed by atoms with E-state index in [9.17, 15) is 39.6 Å². The van der Waals surface area contributed by atoms with Gasteiger partial charge in [-0.15, -0.1) is 0 Å². The predicted octanol–water partition coefficient (Wildman–Crippen LogP) is 2.47. The molecular formula is C32H46O9. The SMILES string of the molecule is CC(=O)OC(C)(C)C=CC(=O)[C@](C)(O)[C@H]1[C@H](O)C[C@@]2(C)[C@@H]3CC=C4[C@@H](CC(=O)[C@@H](O)C4(C)C)[C@]3(CO)C(=O)C[C@]12C. The number of carbonyl (C=O) groups is 4. The summed E-state index contributed by atoms with van der Waals surface area (Å²) in [5.41, 5.74) is -6.35. The number of hydrogen-bond acceptors (Lipinski definition) is 9. The molecule has 4 aliphatic carbocycles. The number of hydrogen-bond donors (Lipinski definition) is 4. The highest BCUT2D eigenvalue weighted by Gasteiger charge is 2.75. The van der Waals surface area contributed by atoms with Crippen LogP contribution in [0.1, 0.15) is 81.1 Å². The Kier molecular flexibility index (Phi) is 7.47. The monoisotopic (exact) mass is 574 g/mol. The maximum atomic E-state index is 14.4. The first-order chi connectivity index (χ1) is 18.6. The van der Waals surface area contributed by atoms with Gasteiger partial charge in [0.1, 0.15) is 23.1 Å². The van der Waals surface area contributed by atoms with Gasteiger partial charge in [-0.25, -0.2) is 0 Å². The molecule has 4 N–H and O–H groups in total. The number of aliphatic hydroxyl groups excluding tert-OH is 3. The molecule has 0 heterocycles. The Morgan fingerprint density at radius 2 is 1.71 bits per heavy atom. The van der Waals surface area contributed by atoms with Crippen molar-refractivity contribution in [2.75, 3.05) is 6.61 Å². The fraction of sp³-hybridized carbons (Fsp3) is 0.750. The Hall–Kier alpha value is -2.20. The Balaban J connectivity index is 1.78. The number of fused-ring (bicyclic) bond motifs is 5. The van der Waals surface area contributed by atoms with Crippen LogP contribution in [0.15, 0.2) is 23.8 Å². The Bertz CT molecular complexity index is 1230. The molecule has 0 spiro atoms. The second kappa shape index (κ2) is 9.66. The highest BCUT2D eigenvalue weighted by Crippen LogP contribution is 2.74. The van der Waals surface area contributed by atoms with Crippen LogP contribution in [0.4, 0.5) is 0 Å². The summed E-state index contributed by atoms with van der Waals surface area (Å²) in [4.78, 5) is 52.2. The molecule has 0 radical (unpaired) electrons. The van der Waals surface area contributed by atoms with Crippen molar-refractivity contribution in [3.63, 3.8) is 0 Å². The molecule has 4 aliphatic rings. The van der Waals surface area contributed by atoms with Crippen LogP contribution in [0.3, 0.4) is 0 Å². The lowest BCUT2D eigenvalue weighted by molar-refractivity contribution is -0.191. The average Bonchev–Trinajstić information content (AvgIpc) is 3.05. The van der Waals surface area contributed by atoms with Crippen LogP contribution in [0.25, 0.3) is 0 Å². The van der Waals surface area contributed by atoms with Crippen LogP contribution >= 0.6 is 0 Å². The highest BCUT2D eigenvalue weighted by molar-refractivity contribution is 5.97. The molecular weight excluding hydrogens is 528 g/mol. The number of aliphatic hydroxyl groups is 4. The van der Waals surface area contributed by atoms with E-state index >= 15 is 0 Å². The quantitative estimate of drug-likeness (QED) is 0.212. The second-order valence-electron chi connectivity index (χ2n) is 14.7. The van der Waals surface area contributed by atoms with Gasteiger partial charge in [-0.1, -0.05) is 39.3 Å². The van der Waals surface area contributed by atoms with E-state index in [1.54, 1.807) is 27.7 Å². The van der Waals surface area contributed by atoms with Crippen molar-refractivity contribution >= 4 is 23.3 Å². The summed E-state index contributed by atoms with van der Waals surface area (Å²) in [6.07, 6.45) is 2.64. The third-order valence-electron chi connectivity index (χ3n) is 11.6. The summed E-state index contributed by atoms with van der Waals surface area (Å²) < 4.78 is 5.22. The van der Waals surface area contributed by atoms with E-state index in [0.29, 0.717) is 6.42 Å². The van der Waals surface area contributed by atoms with E-state index in [1.165, 1.54) is 19.9 Å². The van der Waals surface area contributed by atoms with Gasteiger partial charge in [0.05, 0.1) is 18.1 Å². The first kappa shape index (κ1) is 31.7. The minimum atomic E-state index is -2.06. The molecule has 41 heavy (non-hydrogen) atoms. The summed E-state index contributed by atoms with van der Waals surface area (Å²) in [7, 11) is 0. The number of allylic oxidation sites excluding steroid dienone is 1. The van der Waals surface area contributed by atoms with Crippen LogP contribution in [-0.4, -0.2) is 73.8 Å². The number of ether oxygens (including phenoxy) is 1. The maximum Gasteiger partial charge on any atom is 0.303 e. The summed E-state index contributed by atoms with van der Waals surface area (Å²) in [5.74, 6) is -3.89. The molecule has 9 nitrogen and oxygen atoms in total. The van der Waals surface area contributed by atoms with Crippen molar-refractivity contribution in [1.82, 2.24) is 0 Å². The zero-order chi connectivity index (χ0) is 31.1.